The number of phenolic OH excluding ortho intramolecular Hbond substituents is 1. The molecule has 0 radical (unpaired) electrons. The van der Waals surface area contributed by atoms with Gasteiger partial charge in [-0.15, -0.1) is 0 Å². The van der Waals surface area contributed by atoms with Crippen molar-refractivity contribution in [3.63, 3.8) is 0 Å². The Bertz CT molecular complexity index is 866. The average Bonchev–Trinajstić information content (AvgIpc) is 2.89. The van der Waals surface area contributed by atoms with E-state index in [-0.39, 0.29) is 5.75 Å². The molecule has 6 heteroatoms. The zero-order valence-electron chi connectivity index (χ0n) is 12.2. The lowest BCUT2D eigenvalue weighted by Crippen LogP contribution is -1.99. The molecule has 3 aromatic rings. The molecule has 5 nitrogen and oxygen atoms in total. The molecule has 0 saturated heterocycles. The minimum Gasteiger partial charge on any atom is -0.508 e. The average molecular weight is 313 g/mol. The minimum atomic E-state index is 0.228. The van der Waals surface area contributed by atoms with Gasteiger partial charge in [0.25, 0.3) is 0 Å². The van der Waals surface area contributed by atoms with Crippen LogP contribution in [0, 0.1) is 11.7 Å². The first-order valence-electron chi connectivity index (χ1n) is 6.72. The first-order chi connectivity index (χ1) is 10.6. The molecule has 22 heavy (non-hydrogen) atoms. The quantitative estimate of drug-likeness (QED) is 0.725. The van der Waals surface area contributed by atoms with Crippen molar-refractivity contribution in [2.75, 3.05) is 7.11 Å². The van der Waals surface area contributed by atoms with Crippen LogP contribution in [0.25, 0.3) is 17.1 Å². The summed E-state index contributed by atoms with van der Waals surface area (Å²) >= 11 is 5.35. The SMILES string of the molecule is COc1ccc(-n2c(-c3ccc(O)cc3C)n[nH]c2=S)cc1. The lowest BCUT2D eigenvalue weighted by molar-refractivity contribution is 0.414. The van der Waals surface area contributed by atoms with Gasteiger partial charge >= 0.3 is 0 Å². The Kier molecular flexibility index (Phi) is 3.68. The Hall–Kier alpha value is -2.60. The van der Waals surface area contributed by atoms with Gasteiger partial charge in [-0.25, -0.2) is 0 Å². The van der Waals surface area contributed by atoms with E-state index in [2.05, 4.69) is 10.2 Å². The minimum absolute atomic E-state index is 0.228. The van der Waals surface area contributed by atoms with E-state index in [4.69, 9.17) is 17.0 Å². The van der Waals surface area contributed by atoms with Gasteiger partial charge in [0, 0.05) is 5.56 Å². The summed E-state index contributed by atoms with van der Waals surface area (Å²) in [4.78, 5) is 0. The molecule has 0 atom stereocenters. The lowest BCUT2D eigenvalue weighted by Gasteiger charge is -2.10. The van der Waals surface area contributed by atoms with Crippen LogP contribution >= 0.6 is 12.2 Å². The second-order valence-corrected chi connectivity index (χ2v) is 5.27. The summed E-state index contributed by atoms with van der Waals surface area (Å²) in [6.45, 7) is 1.92. The van der Waals surface area contributed by atoms with Crippen LogP contribution in [0.4, 0.5) is 0 Å². The van der Waals surface area contributed by atoms with Crippen molar-refractivity contribution in [3.8, 4) is 28.6 Å². The first kappa shape index (κ1) is 14.3. The molecule has 1 heterocycles. The van der Waals surface area contributed by atoms with Crippen LogP contribution in [0.3, 0.4) is 0 Å². The van der Waals surface area contributed by atoms with Gasteiger partial charge in [-0.3, -0.25) is 9.67 Å². The van der Waals surface area contributed by atoms with Crippen molar-refractivity contribution < 1.29 is 9.84 Å². The van der Waals surface area contributed by atoms with Crippen LogP contribution in [0.5, 0.6) is 11.5 Å². The third kappa shape index (κ3) is 2.48. The molecular weight excluding hydrogens is 298 g/mol. The molecule has 0 aliphatic carbocycles. The fourth-order valence-electron chi connectivity index (χ4n) is 2.35. The van der Waals surface area contributed by atoms with E-state index in [1.54, 1.807) is 19.2 Å². The third-order valence-electron chi connectivity index (χ3n) is 3.45. The van der Waals surface area contributed by atoms with Gasteiger partial charge in [0.05, 0.1) is 12.8 Å². The van der Waals surface area contributed by atoms with Crippen molar-refractivity contribution in [1.82, 2.24) is 14.8 Å². The van der Waals surface area contributed by atoms with Crippen LogP contribution < -0.4 is 4.74 Å². The lowest BCUT2D eigenvalue weighted by atomic mass is 10.1. The van der Waals surface area contributed by atoms with Gasteiger partial charge in [0.15, 0.2) is 10.6 Å². The molecule has 0 fully saturated rings. The zero-order chi connectivity index (χ0) is 15.7. The Morgan fingerprint density at radius 2 is 1.91 bits per heavy atom. The van der Waals surface area contributed by atoms with Crippen molar-refractivity contribution in [1.29, 1.82) is 0 Å². The fourth-order valence-corrected chi connectivity index (χ4v) is 2.58. The van der Waals surface area contributed by atoms with E-state index in [0.29, 0.717) is 10.6 Å². The van der Waals surface area contributed by atoms with E-state index in [1.807, 2.05) is 41.8 Å². The number of aromatic nitrogens is 3. The standard InChI is InChI=1S/C16H15N3O2S/c1-10-9-12(20)5-8-14(10)15-17-18-16(22)19(15)11-3-6-13(21-2)7-4-11/h3-9,20H,1-2H3,(H,18,22). The summed E-state index contributed by atoms with van der Waals surface area (Å²) in [5.41, 5.74) is 2.71. The summed E-state index contributed by atoms with van der Waals surface area (Å²) in [5.74, 6) is 1.71. The topological polar surface area (TPSA) is 63.1 Å². The molecule has 0 unspecified atom stereocenters. The van der Waals surface area contributed by atoms with Crippen molar-refractivity contribution in [2.24, 2.45) is 0 Å². The molecule has 112 valence electrons. The highest BCUT2D eigenvalue weighted by molar-refractivity contribution is 7.71. The number of benzene rings is 2. The van der Waals surface area contributed by atoms with E-state index >= 15 is 0 Å². The number of aryl methyl sites for hydroxylation is 1. The predicted octanol–water partition coefficient (Wildman–Crippen LogP) is 3.62. The fraction of sp³-hybridized carbons (Fsp3) is 0.125. The number of H-pyrrole nitrogens is 1. The van der Waals surface area contributed by atoms with Crippen molar-refractivity contribution in [3.05, 3.63) is 52.8 Å². The number of nitrogens with zero attached hydrogens (tertiary/aromatic N) is 2. The highest BCUT2D eigenvalue weighted by Gasteiger charge is 2.13. The van der Waals surface area contributed by atoms with E-state index < -0.39 is 0 Å². The van der Waals surface area contributed by atoms with Crippen LogP contribution in [0.2, 0.25) is 0 Å². The summed E-state index contributed by atoms with van der Waals surface area (Å²) in [6, 6.07) is 12.8. The Labute approximate surface area is 132 Å². The molecule has 0 bridgehead atoms. The van der Waals surface area contributed by atoms with E-state index in [9.17, 15) is 5.11 Å². The number of aromatic hydroxyl groups is 1. The van der Waals surface area contributed by atoms with Crippen LogP contribution in [0.1, 0.15) is 5.56 Å². The molecule has 0 aliphatic heterocycles. The van der Waals surface area contributed by atoms with Gasteiger partial charge in [0.2, 0.25) is 0 Å². The molecule has 0 saturated carbocycles. The summed E-state index contributed by atoms with van der Waals surface area (Å²) in [7, 11) is 1.63. The number of phenols is 1. The first-order valence-corrected chi connectivity index (χ1v) is 7.13. The van der Waals surface area contributed by atoms with E-state index in [1.165, 1.54) is 0 Å². The number of hydrogen-bond donors (Lipinski definition) is 2. The number of aromatic amines is 1. The van der Waals surface area contributed by atoms with Gasteiger partial charge in [-0.05, 0) is 67.2 Å². The molecule has 2 aromatic carbocycles. The number of ether oxygens (including phenoxy) is 1. The Morgan fingerprint density at radius 3 is 2.55 bits per heavy atom. The molecule has 1 aromatic heterocycles. The number of methoxy groups -OCH3 is 1. The number of nitrogens with one attached hydrogen (secondary N) is 1. The maximum Gasteiger partial charge on any atom is 0.200 e. The summed E-state index contributed by atoms with van der Waals surface area (Å²) in [5, 5.41) is 16.7. The van der Waals surface area contributed by atoms with Crippen molar-refractivity contribution >= 4 is 12.2 Å². The predicted molar refractivity (Wildman–Crippen MR) is 87.1 cm³/mol. The van der Waals surface area contributed by atoms with E-state index in [0.717, 1.165) is 22.6 Å². The maximum absolute atomic E-state index is 9.56. The molecular formula is C16H15N3O2S. The second kappa shape index (κ2) is 5.65. The molecule has 0 amide bonds. The largest absolute Gasteiger partial charge is 0.508 e. The third-order valence-corrected chi connectivity index (χ3v) is 3.73. The summed E-state index contributed by atoms with van der Waals surface area (Å²) in [6.07, 6.45) is 0. The number of rotatable bonds is 3. The van der Waals surface area contributed by atoms with Crippen molar-refractivity contribution in [2.45, 2.75) is 6.92 Å². The van der Waals surface area contributed by atoms with Gasteiger partial charge in [-0.1, -0.05) is 0 Å². The number of hydrogen-bond acceptors (Lipinski definition) is 4. The molecule has 0 spiro atoms. The van der Waals surface area contributed by atoms with Crippen LogP contribution in [-0.2, 0) is 0 Å². The van der Waals surface area contributed by atoms with Crippen LogP contribution in [-0.4, -0.2) is 27.0 Å². The zero-order valence-corrected chi connectivity index (χ0v) is 13.0. The maximum atomic E-state index is 9.56. The smallest absolute Gasteiger partial charge is 0.200 e. The van der Waals surface area contributed by atoms with Gasteiger partial charge < -0.3 is 9.84 Å². The normalized spacial score (nSPS) is 10.6. The molecule has 2 N–H and O–H groups in total. The second-order valence-electron chi connectivity index (χ2n) is 4.89. The van der Waals surface area contributed by atoms with Gasteiger partial charge in [-0.2, -0.15) is 5.10 Å². The highest BCUT2D eigenvalue weighted by atomic mass is 32.1. The summed E-state index contributed by atoms with van der Waals surface area (Å²) < 4.78 is 7.54. The molecule has 3 rings (SSSR count). The van der Waals surface area contributed by atoms with Crippen LogP contribution in [0.15, 0.2) is 42.5 Å². The van der Waals surface area contributed by atoms with Gasteiger partial charge in [0.1, 0.15) is 11.5 Å². The monoisotopic (exact) mass is 313 g/mol. The highest BCUT2D eigenvalue weighted by Crippen LogP contribution is 2.27. The molecule has 0 aliphatic rings. The Balaban J connectivity index is 2.16. The Morgan fingerprint density at radius 1 is 1.18 bits per heavy atom.